The Morgan fingerprint density at radius 3 is 1.36 bits per heavy atom. The van der Waals surface area contributed by atoms with Crippen molar-refractivity contribution in [2.45, 2.75) is 244 Å². The van der Waals surface area contributed by atoms with Crippen molar-refractivity contribution in [3.63, 3.8) is 0 Å². The van der Waals surface area contributed by atoms with E-state index in [2.05, 4.69) is 48.5 Å². The van der Waals surface area contributed by atoms with Crippen LogP contribution in [-0.4, -0.2) is 53.8 Å². The standard InChI is InChI=1S/C46H89N5O4/c1-4-6-8-10-12-14-16-18-20-22-24-26-28-30-32-34-37-41(36-33-31-29-27-25-23-21-19-17-15-13-11-9-7-5-2)55-45(54)43(40(3)52)51-44(53)42(47)38-35-39-50-46(48)49/h18-21,40-43,52H,4-17,22-39,47H2,1-3H3,(H,51,53)(H4,48,49,50)/b20-18-,21-19-. The molecule has 0 fully saturated rings. The third-order valence-corrected chi connectivity index (χ3v) is 10.4. The Kier molecular flexibility index (Phi) is 38.1. The molecular weight excluding hydrogens is 687 g/mol. The van der Waals surface area contributed by atoms with Crippen LogP contribution in [0.5, 0.6) is 0 Å². The number of nitrogens with zero attached hydrogens (tertiary/aromatic N) is 1. The second kappa shape index (κ2) is 39.8. The monoisotopic (exact) mass is 776 g/mol. The number of carbonyl (C=O) groups excluding carboxylic acids is 2. The summed E-state index contributed by atoms with van der Waals surface area (Å²) in [6.45, 7) is 6.38. The molecule has 9 heteroatoms. The maximum atomic E-state index is 13.3. The van der Waals surface area contributed by atoms with E-state index in [9.17, 15) is 14.7 Å². The largest absolute Gasteiger partial charge is 0.461 e. The third kappa shape index (κ3) is 35.7. The Hall–Kier alpha value is -2.39. The number of unbranched alkanes of at least 4 members (excludes halogenated alkanes) is 23. The van der Waals surface area contributed by atoms with Crippen LogP contribution in [0, 0.1) is 0 Å². The molecule has 0 aromatic carbocycles. The van der Waals surface area contributed by atoms with Crippen molar-refractivity contribution < 1.29 is 19.4 Å². The number of amides is 1. The lowest BCUT2D eigenvalue weighted by molar-refractivity contribution is -0.157. The van der Waals surface area contributed by atoms with Crippen LogP contribution in [-0.2, 0) is 14.3 Å². The van der Waals surface area contributed by atoms with Crippen molar-refractivity contribution in [3.05, 3.63) is 24.3 Å². The van der Waals surface area contributed by atoms with Gasteiger partial charge in [0.15, 0.2) is 12.0 Å². The molecule has 8 N–H and O–H groups in total. The number of nitrogens with two attached hydrogens (primary N) is 3. The summed E-state index contributed by atoms with van der Waals surface area (Å²) in [4.78, 5) is 30.0. The predicted molar refractivity (Wildman–Crippen MR) is 235 cm³/mol. The third-order valence-electron chi connectivity index (χ3n) is 10.4. The van der Waals surface area contributed by atoms with E-state index in [1.165, 1.54) is 148 Å². The van der Waals surface area contributed by atoms with Gasteiger partial charge in [0, 0.05) is 6.54 Å². The SMILES string of the molecule is CCCCCCCC/C=C\CCCCCCCCC(CCCCCCC/C=C\CCCCCCCC)OC(=O)C(NC(=O)C(N)CCCN=C(N)N)C(C)O. The van der Waals surface area contributed by atoms with Gasteiger partial charge >= 0.3 is 5.97 Å². The molecule has 0 heterocycles. The molecule has 0 aromatic heterocycles. The van der Waals surface area contributed by atoms with E-state index in [0.717, 1.165) is 44.9 Å². The van der Waals surface area contributed by atoms with Crippen molar-refractivity contribution in [1.29, 1.82) is 0 Å². The molecule has 0 spiro atoms. The van der Waals surface area contributed by atoms with Gasteiger partial charge < -0.3 is 32.4 Å². The first-order valence-electron chi connectivity index (χ1n) is 23.0. The van der Waals surface area contributed by atoms with Crippen LogP contribution in [0.15, 0.2) is 29.3 Å². The number of hydrogen-bond donors (Lipinski definition) is 5. The number of aliphatic imine (C=N–C) groups is 1. The zero-order chi connectivity index (χ0) is 40.6. The van der Waals surface area contributed by atoms with Crippen LogP contribution in [0.3, 0.4) is 0 Å². The summed E-state index contributed by atoms with van der Waals surface area (Å²) in [6, 6.07) is -2.02. The highest BCUT2D eigenvalue weighted by Crippen LogP contribution is 2.19. The fraction of sp³-hybridized carbons (Fsp3) is 0.848. The molecule has 322 valence electrons. The molecule has 0 rings (SSSR count). The number of carbonyl (C=O) groups is 2. The Morgan fingerprint density at radius 2 is 0.982 bits per heavy atom. The molecule has 55 heavy (non-hydrogen) atoms. The van der Waals surface area contributed by atoms with Crippen LogP contribution >= 0.6 is 0 Å². The van der Waals surface area contributed by atoms with Gasteiger partial charge in [-0.1, -0.05) is 147 Å². The summed E-state index contributed by atoms with van der Waals surface area (Å²) >= 11 is 0. The van der Waals surface area contributed by atoms with Crippen molar-refractivity contribution >= 4 is 17.8 Å². The van der Waals surface area contributed by atoms with E-state index >= 15 is 0 Å². The van der Waals surface area contributed by atoms with E-state index < -0.39 is 30.1 Å². The zero-order valence-electron chi connectivity index (χ0n) is 36.1. The van der Waals surface area contributed by atoms with E-state index in [4.69, 9.17) is 21.9 Å². The van der Waals surface area contributed by atoms with Gasteiger partial charge in [0.1, 0.15) is 6.10 Å². The molecule has 0 aromatic rings. The zero-order valence-corrected chi connectivity index (χ0v) is 36.1. The summed E-state index contributed by atoms with van der Waals surface area (Å²) in [5.41, 5.74) is 16.8. The summed E-state index contributed by atoms with van der Waals surface area (Å²) in [6.07, 6.45) is 44.2. The first kappa shape index (κ1) is 52.6. The smallest absolute Gasteiger partial charge is 0.331 e. The van der Waals surface area contributed by atoms with E-state index in [0.29, 0.717) is 19.4 Å². The molecular formula is C46H89N5O4. The van der Waals surface area contributed by atoms with Crippen molar-refractivity contribution in [2.24, 2.45) is 22.2 Å². The van der Waals surface area contributed by atoms with Gasteiger partial charge in [-0.3, -0.25) is 9.79 Å². The lowest BCUT2D eigenvalue weighted by Gasteiger charge is -2.25. The normalized spacial score (nSPS) is 13.9. The van der Waals surface area contributed by atoms with Crippen molar-refractivity contribution in [2.75, 3.05) is 6.54 Å². The molecule has 0 aliphatic carbocycles. The van der Waals surface area contributed by atoms with Gasteiger partial charge in [-0.2, -0.15) is 0 Å². The highest BCUT2D eigenvalue weighted by Gasteiger charge is 2.30. The summed E-state index contributed by atoms with van der Waals surface area (Å²) in [7, 11) is 0. The molecule has 0 radical (unpaired) electrons. The van der Waals surface area contributed by atoms with Crippen LogP contribution in [0.4, 0.5) is 0 Å². The maximum absolute atomic E-state index is 13.3. The number of aliphatic hydroxyl groups excluding tert-OH is 1. The van der Waals surface area contributed by atoms with Crippen LogP contribution in [0.25, 0.3) is 0 Å². The molecule has 4 atom stereocenters. The second-order valence-electron chi connectivity index (χ2n) is 15.9. The van der Waals surface area contributed by atoms with Gasteiger partial charge in [0.05, 0.1) is 12.1 Å². The van der Waals surface area contributed by atoms with Crippen LogP contribution in [0.2, 0.25) is 0 Å². The van der Waals surface area contributed by atoms with Gasteiger partial charge in [0.25, 0.3) is 0 Å². The average molecular weight is 776 g/mol. The van der Waals surface area contributed by atoms with Gasteiger partial charge in [-0.15, -0.1) is 0 Å². The Balaban J connectivity index is 4.68. The summed E-state index contributed by atoms with van der Waals surface area (Å²) in [5.74, 6) is -1.11. The summed E-state index contributed by atoms with van der Waals surface area (Å²) < 4.78 is 6.01. The average Bonchev–Trinajstić information content (AvgIpc) is 3.16. The first-order valence-corrected chi connectivity index (χ1v) is 23.0. The molecule has 0 saturated heterocycles. The number of guanidine groups is 1. The Labute approximate surface area is 338 Å². The second-order valence-corrected chi connectivity index (χ2v) is 15.9. The van der Waals surface area contributed by atoms with E-state index in [1.54, 1.807) is 0 Å². The predicted octanol–water partition coefficient (Wildman–Crippen LogP) is 10.6. The number of nitrogens with one attached hydrogen (secondary N) is 1. The lowest BCUT2D eigenvalue weighted by Crippen LogP contribution is -2.53. The van der Waals surface area contributed by atoms with Crippen LogP contribution in [0.1, 0.15) is 220 Å². The number of allylic oxidation sites excluding steroid dienone is 4. The minimum Gasteiger partial charge on any atom is -0.461 e. The molecule has 1 amide bonds. The van der Waals surface area contributed by atoms with Crippen molar-refractivity contribution in [1.82, 2.24) is 5.32 Å². The van der Waals surface area contributed by atoms with Gasteiger partial charge in [-0.05, 0) is 96.8 Å². The Morgan fingerprint density at radius 1 is 0.600 bits per heavy atom. The van der Waals surface area contributed by atoms with Gasteiger partial charge in [-0.25, -0.2) is 4.79 Å². The molecule has 0 aliphatic rings. The van der Waals surface area contributed by atoms with Crippen LogP contribution < -0.4 is 22.5 Å². The molecule has 0 aliphatic heterocycles. The minimum absolute atomic E-state index is 0.0106. The highest BCUT2D eigenvalue weighted by atomic mass is 16.5. The van der Waals surface area contributed by atoms with E-state index in [-0.39, 0.29) is 12.1 Å². The van der Waals surface area contributed by atoms with Crippen molar-refractivity contribution in [3.8, 4) is 0 Å². The molecule has 0 bridgehead atoms. The maximum Gasteiger partial charge on any atom is 0.331 e. The minimum atomic E-state index is -1.17. The highest BCUT2D eigenvalue weighted by molar-refractivity contribution is 5.87. The lowest BCUT2D eigenvalue weighted by atomic mass is 10.0. The number of rotatable bonds is 40. The molecule has 4 unspecified atom stereocenters. The fourth-order valence-electron chi connectivity index (χ4n) is 6.85. The molecule has 9 nitrogen and oxygen atoms in total. The topological polar surface area (TPSA) is 166 Å². The van der Waals surface area contributed by atoms with Gasteiger partial charge in [0.2, 0.25) is 5.91 Å². The summed E-state index contributed by atoms with van der Waals surface area (Å²) in [5, 5.41) is 13.1. The van der Waals surface area contributed by atoms with E-state index in [1.807, 2.05) is 0 Å². The fourth-order valence-corrected chi connectivity index (χ4v) is 6.85. The molecule has 0 saturated carbocycles. The number of aliphatic hydroxyl groups is 1. The quantitative estimate of drug-likeness (QED) is 0.0136. The first-order chi connectivity index (χ1) is 26.7. The number of ether oxygens (including phenoxy) is 1. The number of esters is 1. The Bertz CT molecular complexity index is 966. The number of hydrogen-bond acceptors (Lipinski definition) is 6.